The van der Waals surface area contributed by atoms with E-state index in [9.17, 15) is 4.39 Å². The molecule has 0 saturated carbocycles. The smallest absolute Gasteiger partial charge is 0.176 e. The maximum absolute atomic E-state index is 13.0. The molecule has 0 saturated heterocycles. The molecule has 1 aliphatic rings. The summed E-state index contributed by atoms with van der Waals surface area (Å²) in [6.07, 6.45) is 2.59. The normalized spacial score (nSPS) is 22.5. The third kappa shape index (κ3) is 3.58. The maximum Gasteiger partial charge on any atom is 0.176 e. The molecule has 13 heavy (non-hydrogen) atoms. The molecule has 1 aliphatic heterocycles. The average molecular weight is 297 g/mol. The van der Waals surface area contributed by atoms with Crippen molar-refractivity contribution in [1.82, 2.24) is 4.90 Å². The van der Waals surface area contributed by atoms with Crippen molar-refractivity contribution in [2.75, 3.05) is 17.5 Å². The fourth-order valence-electron chi connectivity index (χ4n) is 1.12. The van der Waals surface area contributed by atoms with E-state index < -0.39 is 6.17 Å². The molecule has 1 N–H and O–H groups in total. The molecule has 5 heteroatoms. The van der Waals surface area contributed by atoms with Gasteiger partial charge in [0.2, 0.25) is 0 Å². The highest BCUT2D eigenvalue weighted by Crippen LogP contribution is 2.05. The topological polar surface area (TPSA) is 39.5 Å². The first-order valence-electron chi connectivity index (χ1n) is 4.30. The molecule has 0 aromatic heterocycles. The summed E-state index contributed by atoms with van der Waals surface area (Å²) in [5.74, 6) is -0.148. The molecule has 0 bridgehead atoms. The number of unbranched alkanes of at least 4 members (excludes halogenated alkanes) is 1. The van der Waals surface area contributed by atoms with Gasteiger partial charge >= 0.3 is 0 Å². The first-order valence-corrected chi connectivity index (χ1v) is 5.83. The van der Waals surface area contributed by atoms with Gasteiger partial charge in [-0.05, 0) is 17.3 Å². The lowest BCUT2D eigenvalue weighted by molar-refractivity contribution is 0.306. The monoisotopic (exact) mass is 297 g/mol. The average Bonchev–Trinajstić information content (AvgIpc) is 2.12. The summed E-state index contributed by atoms with van der Waals surface area (Å²) in [7, 11) is 0. The minimum atomic E-state index is -1.20. The van der Waals surface area contributed by atoms with Gasteiger partial charge in [-0.15, -0.1) is 0 Å². The third-order valence-corrected chi connectivity index (χ3v) is 2.64. The van der Waals surface area contributed by atoms with E-state index in [4.69, 9.17) is 5.41 Å². The van der Waals surface area contributed by atoms with E-state index in [2.05, 4.69) is 27.6 Å². The minimum Gasteiger partial charge on any atom is -0.359 e. The highest BCUT2D eigenvalue weighted by molar-refractivity contribution is 14.1. The maximum atomic E-state index is 13.0. The summed E-state index contributed by atoms with van der Waals surface area (Å²) in [5.41, 5.74) is 0. The quantitative estimate of drug-likeness (QED) is 0.480. The number of halogens is 2. The predicted octanol–water partition coefficient (Wildman–Crippen LogP) is 1.86. The van der Waals surface area contributed by atoms with Crippen molar-refractivity contribution in [3.63, 3.8) is 0 Å². The van der Waals surface area contributed by atoms with Crippen LogP contribution in [-0.4, -0.2) is 40.8 Å². The standard InChI is InChI=1S/C8H13FIN3/c9-7-5-13(4-2-1-3-10)6-12-8(7)11/h6-7,11H,1-5H2. The van der Waals surface area contributed by atoms with E-state index in [1.807, 2.05) is 4.90 Å². The van der Waals surface area contributed by atoms with E-state index in [-0.39, 0.29) is 5.84 Å². The minimum absolute atomic E-state index is 0.148. The molecule has 0 aromatic rings. The molecule has 3 nitrogen and oxygen atoms in total. The van der Waals surface area contributed by atoms with E-state index >= 15 is 0 Å². The van der Waals surface area contributed by atoms with Crippen molar-refractivity contribution in [2.24, 2.45) is 4.99 Å². The molecule has 1 unspecified atom stereocenters. The first kappa shape index (κ1) is 10.9. The van der Waals surface area contributed by atoms with Crippen molar-refractivity contribution in [2.45, 2.75) is 19.0 Å². The second kappa shape index (κ2) is 5.51. The van der Waals surface area contributed by atoms with E-state index in [0.717, 1.165) is 23.8 Å². The summed E-state index contributed by atoms with van der Waals surface area (Å²) >= 11 is 2.33. The Morgan fingerprint density at radius 3 is 3.08 bits per heavy atom. The molecule has 0 spiro atoms. The first-order chi connectivity index (χ1) is 6.24. The number of amidine groups is 1. The van der Waals surface area contributed by atoms with Crippen LogP contribution < -0.4 is 0 Å². The summed E-state index contributed by atoms with van der Waals surface area (Å²) in [4.78, 5) is 5.52. The van der Waals surface area contributed by atoms with Crippen molar-refractivity contribution in [3.8, 4) is 0 Å². The van der Waals surface area contributed by atoms with Crippen LogP contribution in [0.25, 0.3) is 0 Å². The van der Waals surface area contributed by atoms with E-state index in [1.165, 1.54) is 0 Å². The van der Waals surface area contributed by atoms with Crippen LogP contribution in [-0.2, 0) is 0 Å². The molecular formula is C8H13FIN3. The van der Waals surface area contributed by atoms with Gasteiger partial charge in [-0.3, -0.25) is 5.41 Å². The second-order valence-electron chi connectivity index (χ2n) is 2.99. The summed E-state index contributed by atoms with van der Waals surface area (Å²) in [6.45, 7) is 1.14. The molecule has 1 atom stereocenters. The molecule has 0 fully saturated rings. The Kier molecular flexibility index (Phi) is 4.61. The van der Waals surface area contributed by atoms with Gasteiger partial charge in [0.15, 0.2) is 12.0 Å². The summed E-state index contributed by atoms with van der Waals surface area (Å²) < 4.78 is 14.1. The Hall–Kier alpha value is -0.200. The number of aliphatic imine (C=N–C) groups is 1. The Balaban J connectivity index is 2.28. The second-order valence-corrected chi connectivity index (χ2v) is 4.07. The lowest BCUT2D eigenvalue weighted by atomic mass is 10.2. The van der Waals surface area contributed by atoms with Gasteiger partial charge in [-0.2, -0.15) is 0 Å². The van der Waals surface area contributed by atoms with Crippen LogP contribution in [0, 0.1) is 5.41 Å². The van der Waals surface area contributed by atoms with Gasteiger partial charge in [0.25, 0.3) is 0 Å². The Morgan fingerprint density at radius 2 is 2.46 bits per heavy atom. The highest BCUT2D eigenvalue weighted by Gasteiger charge is 2.19. The molecule has 1 heterocycles. The number of rotatable bonds is 4. The Morgan fingerprint density at radius 1 is 1.69 bits per heavy atom. The fourth-order valence-corrected chi connectivity index (χ4v) is 1.66. The van der Waals surface area contributed by atoms with Crippen LogP contribution in [0.2, 0.25) is 0 Å². The van der Waals surface area contributed by atoms with Crippen LogP contribution in [0.1, 0.15) is 12.8 Å². The van der Waals surface area contributed by atoms with Crippen molar-refractivity contribution < 1.29 is 4.39 Å². The molecular weight excluding hydrogens is 284 g/mol. The lowest BCUT2D eigenvalue weighted by Gasteiger charge is -2.24. The number of hydrogen-bond donors (Lipinski definition) is 1. The molecule has 1 rings (SSSR count). The van der Waals surface area contributed by atoms with E-state index in [1.54, 1.807) is 6.34 Å². The zero-order chi connectivity index (χ0) is 9.68. The van der Waals surface area contributed by atoms with Crippen molar-refractivity contribution >= 4 is 34.8 Å². The van der Waals surface area contributed by atoms with Crippen LogP contribution in [0.3, 0.4) is 0 Å². The SMILES string of the molecule is N=C1N=CN(CCCCI)CC1F. The van der Waals surface area contributed by atoms with Crippen molar-refractivity contribution in [1.29, 1.82) is 5.41 Å². The van der Waals surface area contributed by atoms with Crippen molar-refractivity contribution in [3.05, 3.63) is 0 Å². The van der Waals surface area contributed by atoms with Crippen LogP contribution in [0.5, 0.6) is 0 Å². The fraction of sp³-hybridized carbons (Fsp3) is 0.750. The van der Waals surface area contributed by atoms with Gasteiger partial charge in [0.1, 0.15) is 0 Å². The van der Waals surface area contributed by atoms with Crippen LogP contribution >= 0.6 is 22.6 Å². The van der Waals surface area contributed by atoms with Gasteiger partial charge in [0.05, 0.1) is 12.9 Å². The van der Waals surface area contributed by atoms with Crippen LogP contribution in [0.15, 0.2) is 4.99 Å². The number of hydrogen-bond acceptors (Lipinski definition) is 2. The zero-order valence-corrected chi connectivity index (χ0v) is 9.50. The molecule has 74 valence electrons. The Labute approximate surface area is 91.1 Å². The van der Waals surface area contributed by atoms with E-state index in [0.29, 0.717) is 6.54 Å². The zero-order valence-electron chi connectivity index (χ0n) is 7.34. The molecule has 0 amide bonds. The molecule has 0 radical (unpaired) electrons. The molecule has 0 aliphatic carbocycles. The number of alkyl halides is 2. The predicted molar refractivity (Wildman–Crippen MR) is 60.8 cm³/mol. The Bertz CT molecular complexity index is 208. The summed E-state index contributed by atoms with van der Waals surface area (Å²) in [5, 5.41) is 7.10. The number of nitrogens with one attached hydrogen (secondary N) is 1. The lowest BCUT2D eigenvalue weighted by Crippen LogP contribution is -2.38. The van der Waals surface area contributed by atoms with Gasteiger partial charge in [0, 0.05) is 6.54 Å². The highest BCUT2D eigenvalue weighted by atomic mass is 127. The number of nitrogens with zero attached hydrogens (tertiary/aromatic N) is 2. The van der Waals surface area contributed by atoms with Gasteiger partial charge < -0.3 is 4.90 Å². The van der Waals surface area contributed by atoms with Gasteiger partial charge in [-0.25, -0.2) is 9.38 Å². The third-order valence-electron chi connectivity index (χ3n) is 1.88. The summed E-state index contributed by atoms with van der Waals surface area (Å²) in [6, 6.07) is 0. The van der Waals surface area contributed by atoms with Gasteiger partial charge in [-0.1, -0.05) is 22.6 Å². The largest absolute Gasteiger partial charge is 0.359 e. The molecule has 0 aromatic carbocycles. The van der Waals surface area contributed by atoms with Crippen LogP contribution in [0.4, 0.5) is 4.39 Å².